The monoisotopic (exact) mass is 411 g/mol. The molecule has 1 N–H and O–H groups in total. The number of piperidine rings is 1. The zero-order valence-electron chi connectivity index (χ0n) is 16.5. The van der Waals surface area contributed by atoms with Crippen LogP contribution in [0.3, 0.4) is 0 Å². The van der Waals surface area contributed by atoms with E-state index in [4.69, 9.17) is 12.2 Å². The Labute approximate surface area is 177 Å². The van der Waals surface area contributed by atoms with Crippen molar-refractivity contribution in [3.8, 4) is 0 Å². The maximum absolute atomic E-state index is 5.89. The van der Waals surface area contributed by atoms with Gasteiger partial charge in [-0.3, -0.25) is 0 Å². The molecule has 148 valence electrons. The van der Waals surface area contributed by atoms with E-state index in [-0.39, 0.29) is 6.04 Å². The van der Waals surface area contributed by atoms with E-state index < -0.39 is 0 Å². The minimum atomic E-state index is 0.257. The van der Waals surface area contributed by atoms with Gasteiger partial charge in [-0.2, -0.15) is 0 Å². The summed E-state index contributed by atoms with van der Waals surface area (Å²) in [5.41, 5.74) is 4.49. The standard InChI is InChI=1S/C23H29N3S2/c27-23-24-22-20(18-11-5-6-12-19(18)28-22)21(17-9-3-1-4-10-17)26(23)16-15-25-13-7-2-8-14-25/h1,3-4,9-10,21H,2,5-8,11-16H2,(H,24,27). The molecule has 3 heterocycles. The third-order valence-electron chi connectivity index (χ3n) is 6.50. The maximum atomic E-state index is 5.89. The Morgan fingerprint density at radius 2 is 1.75 bits per heavy atom. The molecule has 0 radical (unpaired) electrons. The van der Waals surface area contributed by atoms with Gasteiger partial charge in [-0.25, -0.2) is 0 Å². The summed E-state index contributed by atoms with van der Waals surface area (Å²) < 4.78 is 0. The predicted octanol–water partition coefficient (Wildman–Crippen LogP) is 5.21. The zero-order chi connectivity index (χ0) is 18.9. The van der Waals surface area contributed by atoms with Gasteiger partial charge in [-0.05, 0) is 75.0 Å². The fourth-order valence-electron chi connectivity index (χ4n) is 5.06. The fraction of sp³-hybridized carbons (Fsp3) is 0.522. The lowest BCUT2D eigenvalue weighted by atomic mass is 9.88. The molecule has 1 unspecified atom stereocenters. The van der Waals surface area contributed by atoms with Gasteiger partial charge >= 0.3 is 0 Å². The summed E-state index contributed by atoms with van der Waals surface area (Å²) in [4.78, 5) is 6.67. The summed E-state index contributed by atoms with van der Waals surface area (Å²) in [5, 5.41) is 5.82. The number of hydrogen-bond donors (Lipinski definition) is 1. The number of aryl methyl sites for hydroxylation is 1. The van der Waals surface area contributed by atoms with Crippen LogP contribution in [0.15, 0.2) is 30.3 Å². The second-order valence-electron chi connectivity index (χ2n) is 8.29. The van der Waals surface area contributed by atoms with Crippen molar-refractivity contribution in [2.24, 2.45) is 0 Å². The highest BCUT2D eigenvalue weighted by atomic mass is 32.1. The van der Waals surface area contributed by atoms with Crippen molar-refractivity contribution in [3.63, 3.8) is 0 Å². The lowest BCUT2D eigenvalue weighted by Crippen LogP contribution is -2.46. The van der Waals surface area contributed by atoms with Gasteiger partial charge in [0.2, 0.25) is 0 Å². The first-order valence-corrected chi connectivity index (χ1v) is 12.0. The van der Waals surface area contributed by atoms with Crippen molar-refractivity contribution in [2.75, 3.05) is 31.5 Å². The van der Waals surface area contributed by atoms with Crippen LogP contribution in [0.5, 0.6) is 0 Å². The van der Waals surface area contributed by atoms with Crippen molar-refractivity contribution in [1.29, 1.82) is 0 Å². The van der Waals surface area contributed by atoms with Gasteiger partial charge in [0.25, 0.3) is 0 Å². The maximum Gasteiger partial charge on any atom is 0.174 e. The molecule has 2 aliphatic heterocycles. The zero-order valence-corrected chi connectivity index (χ0v) is 18.1. The highest BCUT2D eigenvalue weighted by Crippen LogP contribution is 2.47. The molecule has 3 nitrogen and oxygen atoms in total. The average Bonchev–Trinajstić information content (AvgIpc) is 3.11. The Kier molecular flexibility index (Phi) is 5.40. The van der Waals surface area contributed by atoms with Crippen LogP contribution < -0.4 is 5.32 Å². The third kappa shape index (κ3) is 3.49. The summed E-state index contributed by atoms with van der Waals surface area (Å²) in [7, 11) is 0. The molecule has 5 rings (SSSR count). The minimum Gasteiger partial charge on any atom is -0.336 e. The molecule has 5 heteroatoms. The molecule has 0 spiro atoms. The molecule has 1 aromatic heterocycles. The highest BCUT2D eigenvalue weighted by molar-refractivity contribution is 7.80. The van der Waals surface area contributed by atoms with Gasteiger partial charge in [-0.15, -0.1) is 11.3 Å². The van der Waals surface area contributed by atoms with Crippen molar-refractivity contribution in [3.05, 3.63) is 51.9 Å². The molecule has 1 aliphatic carbocycles. The fourth-order valence-corrected chi connectivity index (χ4v) is 6.74. The number of thiophene rings is 1. The summed E-state index contributed by atoms with van der Waals surface area (Å²) >= 11 is 7.84. The van der Waals surface area contributed by atoms with Crippen LogP contribution in [0.4, 0.5) is 5.00 Å². The number of benzene rings is 1. The lowest BCUT2D eigenvalue weighted by molar-refractivity contribution is 0.202. The SMILES string of the molecule is S=C1Nc2sc3c(c2C(c2ccccc2)N1CCN1CCCCC1)CCCC3. The molecule has 1 fully saturated rings. The second kappa shape index (κ2) is 8.13. The number of anilines is 1. The summed E-state index contributed by atoms with van der Waals surface area (Å²) in [6.45, 7) is 4.58. The van der Waals surface area contributed by atoms with E-state index in [2.05, 4.69) is 45.4 Å². The Morgan fingerprint density at radius 3 is 2.57 bits per heavy atom. The van der Waals surface area contributed by atoms with Crippen LogP contribution in [0.1, 0.15) is 59.7 Å². The van der Waals surface area contributed by atoms with Gasteiger partial charge in [0.15, 0.2) is 5.11 Å². The van der Waals surface area contributed by atoms with Crippen LogP contribution >= 0.6 is 23.6 Å². The average molecular weight is 412 g/mol. The van der Waals surface area contributed by atoms with Gasteiger partial charge in [0, 0.05) is 23.5 Å². The Hall–Kier alpha value is -1.43. The minimum absolute atomic E-state index is 0.257. The Balaban J connectivity index is 1.50. The van der Waals surface area contributed by atoms with Crippen molar-refractivity contribution in [2.45, 2.75) is 51.0 Å². The number of rotatable bonds is 4. The summed E-state index contributed by atoms with van der Waals surface area (Å²) in [6.07, 6.45) is 9.16. The number of hydrogen-bond acceptors (Lipinski definition) is 3. The normalized spacial score (nSPS) is 22.5. The predicted molar refractivity (Wildman–Crippen MR) is 122 cm³/mol. The van der Waals surface area contributed by atoms with E-state index in [1.54, 1.807) is 10.4 Å². The smallest absolute Gasteiger partial charge is 0.174 e. The van der Waals surface area contributed by atoms with Crippen LogP contribution in [0, 0.1) is 0 Å². The van der Waals surface area contributed by atoms with Crippen LogP contribution in [0.25, 0.3) is 0 Å². The molecular weight excluding hydrogens is 382 g/mol. The molecule has 0 bridgehead atoms. The van der Waals surface area contributed by atoms with E-state index in [0.717, 1.165) is 18.2 Å². The number of nitrogens with zero attached hydrogens (tertiary/aromatic N) is 2. The van der Waals surface area contributed by atoms with Gasteiger partial charge < -0.3 is 15.1 Å². The highest BCUT2D eigenvalue weighted by Gasteiger charge is 2.36. The topological polar surface area (TPSA) is 18.5 Å². The molecular formula is C23H29N3S2. The van der Waals surface area contributed by atoms with Crippen molar-refractivity contribution < 1.29 is 0 Å². The Morgan fingerprint density at radius 1 is 0.964 bits per heavy atom. The van der Waals surface area contributed by atoms with Crippen LogP contribution in [-0.2, 0) is 12.8 Å². The van der Waals surface area contributed by atoms with E-state index >= 15 is 0 Å². The molecule has 1 atom stereocenters. The molecule has 2 aromatic rings. The van der Waals surface area contributed by atoms with E-state index in [9.17, 15) is 0 Å². The second-order valence-corrected chi connectivity index (χ2v) is 9.78. The van der Waals surface area contributed by atoms with Gasteiger partial charge in [-0.1, -0.05) is 36.8 Å². The number of likely N-dealkylation sites (tertiary alicyclic amines) is 1. The first-order valence-electron chi connectivity index (χ1n) is 10.8. The van der Waals surface area contributed by atoms with Crippen molar-refractivity contribution in [1.82, 2.24) is 9.80 Å². The van der Waals surface area contributed by atoms with Gasteiger partial charge in [0.05, 0.1) is 6.04 Å². The van der Waals surface area contributed by atoms with E-state index in [1.807, 2.05) is 11.3 Å². The first kappa shape index (κ1) is 18.6. The molecule has 0 amide bonds. The Bertz CT molecular complexity index is 839. The third-order valence-corrected chi connectivity index (χ3v) is 8.06. The van der Waals surface area contributed by atoms with Crippen LogP contribution in [0.2, 0.25) is 0 Å². The van der Waals surface area contributed by atoms with E-state index in [1.165, 1.54) is 74.2 Å². The molecule has 28 heavy (non-hydrogen) atoms. The molecule has 1 saturated heterocycles. The number of fused-ring (bicyclic) bond motifs is 3. The largest absolute Gasteiger partial charge is 0.336 e. The summed E-state index contributed by atoms with van der Waals surface area (Å²) in [5.74, 6) is 0. The van der Waals surface area contributed by atoms with E-state index in [0.29, 0.717) is 0 Å². The quantitative estimate of drug-likeness (QED) is 0.696. The van der Waals surface area contributed by atoms with Crippen molar-refractivity contribution >= 4 is 33.7 Å². The lowest BCUT2D eigenvalue weighted by Gasteiger charge is -2.40. The molecule has 1 aromatic carbocycles. The number of nitrogens with one attached hydrogen (secondary N) is 1. The molecule has 3 aliphatic rings. The summed E-state index contributed by atoms with van der Waals surface area (Å²) in [6, 6.07) is 11.3. The number of thiocarbonyl (C=S) groups is 1. The molecule has 0 saturated carbocycles. The first-order chi connectivity index (χ1) is 13.8. The van der Waals surface area contributed by atoms with Gasteiger partial charge in [0.1, 0.15) is 5.00 Å². The van der Waals surface area contributed by atoms with Crippen LogP contribution in [-0.4, -0.2) is 41.1 Å².